The molecule has 0 bridgehead atoms. The number of nitrogens with zero attached hydrogens (tertiary/aromatic N) is 1. The highest BCUT2D eigenvalue weighted by Crippen LogP contribution is 2.31. The average Bonchev–Trinajstić information content (AvgIpc) is 2.55. The minimum atomic E-state index is -0.740. The summed E-state index contributed by atoms with van der Waals surface area (Å²) in [7, 11) is 0. The Bertz CT molecular complexity index is 600. The number of amides is 1. The van der Waals surface area contributed by atoms with Crippen molar-refractivity contribution in [2.45, 2.75) is 37.9 Å². The molecular formula is C17H22BrFN2O3. The normalized spacial score (nSPS) is 20.3. The quantitative estimate of drug-likeness (QED) is 0.843. The molecular weight excluding hydrogens is 379 g/mol. The van der Waals surface area contributed by atoms with E-state index in [0.29, 0.717) is 23.2 Å². The van der Waals surface area contributed by atoms with Gasteiger partial charge in [0.25, 0.3) is 5.91 Å². The number of hydrogen-bond acceptors (Lipinski definition) is 4. The molecule has 0 radical (unpaired) electrons. The van der Waals surface area contributed by atoms with Crippen LogP contribution in [-0.2, 0) is 9.47 Å². The molecule has 0 saturated carbocycles. The smallest absolute Gasteiger partial charge is 0.253 e. The van der Waals surface area contributed by atoms with Crippen LogP contribution in [0, 0.1) is 5.82 Å². The van der Waals surface area contributed by atoms with Crippen LogP contribution in [0.4, 0.5) is 10.1 Å². The van der Waals surface area contributed by atoms with Crippen LogP contribution in [0.15, 0.2) is 16.6 Å². The van der Waals surface area contributed by atoms with E-state index in [9.17, 15) is 9.18 Å². The first-order chi connectivity index (χ1) is 11.5. The Hall–Kier alpha value is -1.18. The maximum absolute atomic E-state index is 14.1. The van der Waals surface area contributed by atoms with E-state index in [2.05, 4.69) is 15.9 Å². The van der Waals surface area contributed by atoms with Gasteiger partial charge in [-0.25, -0.2) is 4.39 Å². The molecule has 0 aromatic heterocycles. The van der Waals surface area contributed by atoms with Crippen molar-refractivity contribution in [3.05, 3.63) is 28.0 Å². The molecule has 2 fully saturated rings. The highest BCUT2D eigenvalue weighted by molar-refractivity contribution is 9.10. The second kappa shape index (κ2) is 7.80. The minimum absolute atomic E-state index is 0.0398. The lowest BCUT2D eigenvalue weighted by atomic mass is 10.0. The van der Waals surface area contributed by atoms with Crippen molar-refractivity contribution < 1.29 is 18.7 Å². The summed E-state index contributed by atoms with van der Waals surface area (Å²) in [4.78, 5) is 13.6. The van der Waals surface area contributed by atoms with Crippen molar-refractivity contribution in [3.63, 3.8) is 0 Å². The van der Waals surface area contributed by atoms with Gasteiger partial charge in [0, 0.05) is 30.8 Å². The van der Waals surface area contributed by atoms with Gasteiger partial charge in [-0.1, -0.05) is 15.9 Å². The van der Waals surface area contributed by atoms with Gasteiger partial charge >= 0.3 is 0 Å². The molecule has 7 heteroatoms. The number of ether oxygens (including phenoxy) is 2. The van der Waals surface area contributed by atoms with E-state index >= 15 is 0 Å². The lowest BCUT2D eigenvalue weighted by Gasteiger charge is -2.36. The molecule has 2 aliphatic heterocycles. The fraction of sp³-hybridized carbons (Fsp3) is 0.588. The van der Waals surface area contributed by atoms with Crippen molar-refractivity contribution in [1.29, 1.82) is 0 Å². The van der Waals surface area contributed by atoms with E-state index in [0.717, 1.165) is 38.9 Å². The van der Waals surface area contributed by atoms with Crippen LogP contribution in [0.25, 0.3) is 0 Å². The predicted octanol–water partition coefficient (Wildman–Crippen LogP) is 2.85. The molecule has 0 atom stereocenters. The Morgan fingerprint density at radius 3 is 2.46 bits per heavy atom. The van der Waals surface area contributed by atoms with Crippen molar-refractivity contribution in [3.8, 4) is 0 Å². The molecule has 0 aliphatic carbocycles. The van der Waals surface area contributed by atoms with Gasteiger partial charge in [0.05, 0.1) is 23.5 Å². The minimum Gasteiger partial charge on any atom is -0.381 e. The third kappa shape index (κ3) is 4.07. The zero-order chi connectivity index (χ0) is 17.1. The molecule has 2 aliphatic rings. The van der Waals surface area contributed by atoms with Gasteiger partial charge in [-0.2, -0.15) is 0 Å². The highest BCUT2D eigenvalue weighted by Gasteiger charge is 2.27. The number of nitrogens with two attached hydrogens (primary N) is 1. The lowest BCUT2D eigenvalue weighted by Crippen LogP contribution is -2.40. The van der Waals surface area contributed by atoms with Crippen LogP contribution in [0.1, 0.15) is 36.0 Å². The molecule has 1 amide bonds. The summed E-state index contributed by atoms with van der Waals surface area (Å²) in [6.07, 6.45) is 4.08. The largest absolute Gasteiger partial charge is 0.381 e. The molecule has 1 aromatic rings. The first-order valence-corrected chi connectivity index (χ1v) is 9.11. The number of carbonyl (C=O) groups excluding carboxylic acids is 1. The molecule has 3 rings (SSSR count). The Kier molecular flexibility index (Phi) is 5.73. The third-order valence-electron chi connectivity index (χ3n) is 4.62. The zero-order valence-corrected chi connectivity index (χ0v) is 15.1. The van der Waals surface area contributed by atoms with E-state index < -0.39 is 11.7 Å². The number of piperidine rings is 1. The summed E-state index contributed by atoms with van der Waals surface area (Å²) in [6.45, 7) is 2.96. The Morgan fingerprint density at radius 1 is 1.21 bits per heavy atom. The summed E-state index contributed by atoms with van der Waals surface area (Å²) in [5.41, 5.74) is 5.88. The summed E-state index contributed by atoms with van der Waals surface area (Å²) in [5.74, 6) is -1.33. The van der Waals surface area contributed by atoms with E-state index in [-0.39, 0.29) is 17.8 Å². The van der Waals surface area contributed by atoms with Crippen LogP contribution in [0.5, 0.6) is 0 Å². The van der Waals surface area contributed by atoms with Gasteiger partial charge < -0.3 is 20.1 Å². The van der Waals surface area contributed by atoms with Crippen molar-refractivity contribution in [2.24, 2.45) is 5.73 Å². The highest BCUT2D eigenvalue weighted by atomic mass is 79.9. The van der Waals surface area contributed by atoms with E-state index in [1.807, 2.05) is 4.90 Å². The third-order valence-corrected chi connectivity index (χ3v) is 5.07. The summed E-state index contributed by atoms with van der Waals surface area (Å²) >= 11 is 3.29. The second-order valence-electron chi connectivity index (χ2n) is 6.28. The fourth-order valence-corrected chi connectivity index (χ4v) is 3.79. The number of primary amides is 1. The van der Waals surface area contributed by atoms with Crippen molar-refractivity contribution >= 4 is 27.5 Å². The van der Waals surface area contributed by atoms with E-state index in [1.54, 1.807) is 6.07 Å². The summed E-state index contributed by atoms with van der Waals surface area (Å²) in [5, 5.41) is 0. The van der Waals surface area contributed by atoms with Gasteiger partial charge in [0.15, 0.2) is 0 Å². The molecule has 2 N–H and O–H groups in total. The standard InChI is InChI=1S/C17H22BrFN2O3/c18-11-9-14(19)16(17(20)22)15(10-11)21-5-1-12(2-6-21)24-13-3-7-23-8-4-13/h9-10,12-13H,1-8H2,(H2,20,22). The SMILES string of the molecule is NC(=O)c1c(F)cc(Br)cc1N1CCC(OC2CCOCC2)CC1. The maximum atomic E-state index is 14.1. The van der Waals surface area contributed by atoms with E-state index in [1.165, 1.54) is 6.07 Å². The monoisotopic (exact) mass is 400 g/mol. The number of halogens is 2. The van der Waals surface area contributed by atoms with Crippen LogP contribution >= 0.6 is 15.9 Å². The molecule has 0 unspecified atom stereocenters. The Morgan fingerprint density at radius 2 is 1.83 bits per heavy atom. The molecule has 2 heterocycles. The second-order valence-corrected chi connectivity index (χ2v) is 7.20. The number of anilines is 1. The van der Waals surface area contributed by atoms with Gasteiger partial charge in [0.2, 0.25) is 0 Å². The summed E-state index contributed by atoms with van der Waals surface area (Å²) in [6, 6.07) is 3.02. The van der Waals surface area contributed by atoms with Crippen molar-refractivity contribution in [1.82, 2.24) is 0 Å². The van der Waals surface area contributed by atoms with Crippen LogP contribution in [0.2, 0.25) is 0 Å². The predicted molar refractivity (Wildman–Crippen MR) is 92.8 cm³/mol. The molecule has 24 heavy (non-hydrogen) atoms. The van der Waals surface area contributed by atoms with Gasteiger partial charge in [-0.3, -0.25) is 4.79 Å². The first kappa shape index (κ1) is 17.6. The van der Waals surface area contributed by atoms with E-state index in [4.69, 9.17) is 15.2 Å². The maximum Gasteiger partial charge on any atom is 0.253 e. The van der Waals surface area contributed by atoms with Gasteiger partial charge in [0.1, 0.15) is 5.82 Å². The molecule has 5 nitrogen and oxygen atoms in total. The van der Waals surface area contributed by atoms with Crippen LogP contribution in [0.3, 0.4) is 0 Å². The molecule has 2 saturated heterocycles. The Labute approximate surface area is 149 Å². The Balaban J connectivity index is 1.65. The average molecular weight is 401 g/mol. The van der Waals surface area contributed by atoms with Crippen molar-refractivity contribution in [2.75, 3.05) is 31.2 Å². The summed E-state index contributed by atoms with van der Waals surface area (Å²) < 4.78 is 26.2. The lowest BCUT2D eigenvalue weighted by molar-refractivity contribution is -0.0743. The van der Waals surface area contributed by atoms with Crippen LogP contribution < -0.4 is 10.6 Å². The topological polar surface area (TPSA) is 64.8 Å². The molecule has 132 valence electrons. The first-order valence-electron chi connectivity index (χ1n) is 8.31. The molecule has 0 spiro atoms. The number of hydrogen-bond donors (Lipinski definition) is 1. The number of benzene rings is 1. The number of rotatable bonds is 4. The molecule has 1 aromatic carbocycles. The zero-order valence-electron chi connectivity index (χ0n) is 13.5. The fourth-order valence-electron chi connectivity index (χ4n) is 3.37. The number of carbonyl (C=O) groups is 1. The van der Waals surface area contributed by atoms with Gasteiger partial charge in [-0.05, 0) is 37.8 Å². The van der Waals surface area contributed by atoms with Gasteiger partial charge in [-0.15, -0.1) is 0 Å². The van der Waals surface area contributed by atoms with Crippen LogP contribution in [-0.4, -0.2) is 44.4 Å².